The van der Waals surface area contributed by atoms with Crippen LogP contribution < -0.4 is 10.2 Å². The van der Waals surface area contributed by atoms with Gasteiger partial charge in [0.2, 0.25) is 5.95 Å². The van der Waals surface area contributed by atoms with E-state index in [0.29, 0.717) is 24.7 Å². The smallest absolute Gasteiger partial charge is 0.270 e. The molecule has 1 amide bonds. The Bertz CT molecular complexity index is 747. The molecule has 3 rings (SSSR count). The number of anilines is 2. The number of carbonyl (C=O) groups is 1. The maximum Gasteiger partial charge on any atom is 0.270 e. The zero-order valence-corrected chi connectivity index (χ0v) is 16.0. The van der Waals surface area contributed by atoms with Crippen LogP contribution in [0, 0.1) is 6.92 Å². The van der Waals surface area contributed by atoms with Gasteiger partial charge in [-0.05, 0) is 32.0 Å². The molecule has 7 heteroatoms. The van der Waals surface area contributed by atoms with Crippen LogP contribution in [-0.4, -0.2) is 66.7 Å². The Morgan fingerprint density at radius 1 is 1.22 bits per heavy atom. The number of hydrogen-bond acceptors (Lipinski definition) is 6. The average Bonchev–Trinajstić information content (AvgIpc) is 2.70. The highest BCUT2D eigenvalue weighted by molar-refractivity contribution is 5.92. The number of para-hydroxylation sites is 1. The second-order valence-electron chi connectivity index (χ2n) is 6.48. The zero-order valence-electron chi connectivity index (χ0n) is 16.0. The van der Waals surface area contributed by atoms with E-state index in [9.17, 15) is 4.79 Å². The van der Waals surface area contributed by atoms with Crippen molar-refractivity contribution in [1.29, 1.82) is 0 Å². The summed E-state index contributed by atoms with van der Waals surface area (Å²) in [5, 5.41) is 2.97. The van der Waals surface area contributed by atoms with Gasteiger partial charge in [-0.15, -0.1) is 0 Å². The molecule has 0 saturated carbocycles. The van der Waals surface area contributed by atoms with Crippen LogP contribution in [-0.2, 0) is 4.74 Å². The third-order valence-electron chi connectivity index (χ3n) is 4.52. The van der Waals surface area contributed by atoms with Crippen molar-refractivity contribution in [2.45, 2.75) is 13.8 Å². The molecule has 27 heavy (non-hydrogen) atoms. The zero-order chi connectivity index (χ0) is 19.1. The summed E-state index contributed by atoms with van der Waals surface area (Å²) in [5.74, 6) is 0.376. The third-order valence-corrected chi connectivity index (χ3v) is 4.52. The number of aryl methyl sites for hydroxylation is 1. The first kappa shape index (κ1) is 19.3. The van der Waals surface area contributed by atoms with Crippen molar-refractivity contribution in [3.05, 3.63) is 47.8 Å². The van der Waals surface area contributed by atoms with Gasteiger partial charge in [0, 0.05) is 44.1 Å². The Morgan fingerprint density at radius 3 is 2.67 bits per heavy atom. The van der Waals surface area contributed by atoms with E-state index >= 15 is 0 Å². The Balaban J connectivity index is 1.67. The molecule has 0 atom stereocenters. The van der Waals surface area contributed by atoms with Crippen LogP contribution in [0.3, 0.4) is 0 Å². The first-order chi connectivity index (χ1) is 13.2. The molecule has 0 spiro atoms. The van der Waals surface area contributed by atoms with Crippen molar-refractivity contribution in [3.8, 4) is 0 Å². The molecule has 2 heterocycles. The molecule has 7 nitrogen and oxygen atoms in total. The van der Waals surface area contributed by atoms with Gasteiger partial charge in [0.25, 0.3) is 5.91 Å². The fourth-order valence-corrected chi connectivity index (χ4v) is 3.08. The number of benzene rings is 1. The maximum atomic E-state index is 12.6. The number of morpholine rings is 1. The topological polar surface area (TPSA) is 70.6 Å². The average molecular weight is 369 g/mol. The van der Waals surface area contributed by atoms with Crippen molar-refractivity contribution >= 4 is 17.5 Å². The molecule has 0 bridgehead atoms. The summed E-state index contributed by atoms with van der Waals surface area (Å²) in [7, 11) is 0. The van der Waals surface area contributed by atoms with Crippen molar-refractivity contribution in [2.75, 3.05) is 50.8 Å². The molecule has 1 aliphatic heterocycles. The number of nitrogens with zero attached hydrogens (tertiary/aromatic N) is 4. The van der Waals surface area contributed by atoms with Gasteiger partial charge in [-0.2, -0.15) is 0 Å². The van der Waals surface area contributed by atoms with Gasteiger partial charge in [0.1, 0.15) is 5.69 Å². The lowest BCUT2D eigenvalue weighted by atomic mass is 10.3. The summed E-state index contributed by atoms with van der Waals surface area (Å²) in [4.78, 5) is 25.9. The van der Waals surface area contributed by atoms with E-state index in [4.69, 9.17) is 4.74 Å². The summed E-state index contributed by atoms with van der Waals surface area (Å²) >= 11 is 0. The maximum absolute atomic E-state index is 12.6. The lowest BCUT2D eigenvalue weighted by molar-refractivity contribution is 0.0383. The van der Waals surface area contributed by atoms with Crippen LogP contribution >= 0.6 is 0 Å². The van der Waals surface area contributed by atoms with Crippen molar-refractivity contribution in [3.63, 3.8) is 0 Å². The first-order valence-electron chi connectivity index (χ1n) is 9.44. The van der Waals surface area contributed by atoms with E-state index in [0.717, 1.165) is 44.2 Å². The second kappa shape index (κ2) is 9.43. The van der Waals surface area contributed by atoms with E-state index in [-0.39, 0.29) is 5.91 Å². The summed E-state index contributed by atoms with van der Waals surface area (Å²) in [5.41, 5.74) is 2.17. The van der Waals surface area contributed by atoms with E-state index in [1.807, 2.05) is 49.1 Å². The largest absolute Gasteiger partial charge is 0.379 e. The molecule has 0 radical (unpaired) electrons. The van der Waals surface area contributed by atoms with Gasteiger partial charge in [-0.25, -0.2) is 9.97 Å². The Labute approximate surface area is 160 Å². The predicted octanol–water partition coefficient (Wildman–Crippen LogP) is 2.01. The normalized spacial score (nSPS) is 14.7. The Kier molecular flexibility index (Phi) is 6.73. The number of nitrogens with one attached hydrogen (secondary N) is 1. The van der Waals surface area contributed by atoms with Crippen LogP contribution in [0.2, 0.25) is 0 Å². The third kappa shape index (κ3) is 5.24. The number of carbonyl (C=O) groups excluding carboxylic acids is 1. The summed E-state index contributed by atoms with van der Waals surface area (Å²) < 4.78 is 5.34. The molecule has 144 valence electrons. The molecule has 1 saturated heterocycles. The number of rotatable bonds is 7. The van der Waals surface area contributed by atoms with Crippen molar-refractivity contribution < 1.29 is 9.53 Å². The lowest BCUT2D eigenvalue weighted by Gasteiger charge is -2.26. The molecule has 1 fully saturated rings. The molecule has 1 aliphatic rings. The highest BCUT2D eigenvalue weighted by Gasteiger charge is 2.16. The Hall–Kier alpha value is -2.51. The van der Waals surface area contributed by atoms with Crippen LogP contribution in [0.5, 0.6) is 0 Å². The quantitative estimate of drug-likeness (QED) is 0.805. The lowest BCUT2D eigenvalue weighted by Crippen LogP contribution is -2.41. The fraction of sp³-hybridized carbons (Fsp3) is 0.450. The minimum Gasteiger partial charge on any atom is -0.379 e. The summed E-state index contributed by atoms with van der Waals surface area (Å²) in [6.07, 6.45) is 0. The molecule has 1 aromatic carbocycles. The highest BCUT2D eigenvalue weighted by Crippen LogP contribution is 2.21. The monoisotopic (exact) mass is 369 g/mol. The molecule has 2 aromatic rings. The van der Waals surface area contributed by atoms with Gasteiger partial charge in [-0.3, -0.25) is 9.69 Å². The summed E-state index contributed by atoms with van der Waals surface area (Å²) in [6, 6.07) is 11.7. The number of ether oxygens (including phenoxy) is 1. The minimum atomic E-state index is -0.167. The van der Waals surface area contributed by atoms with E-state index in [1.54, 1.807) is 6.07 Å². The van der Waals surface area contributed by atoms with Crippen molar-refractivity contribution in [2.24, 2.45) is 0 Å². The Morgan fingerprint density at radius 2 is 1.96 bits per heavy atom. The predicted molar refractivity (Wildman–Crippen MR) is 105 cm³/mol. The fourth-order valence-electron chi connectivity index (χ4n) is 3.08. The van der Waals surface area contributed by atoms with Crippen LogP contribution in [0.4, 0.5) is 11.6 Å². The van der Waals surface area contributed by atoms with Gasteiger partial charge in [0.05, 0.1) is 13.2 Å². The molecule has 1 N–H and O–H groups in total. The molecule has 0 aliphatic carbocycles. The SMILES string of the molecule is CCN(c1ccccc1)c1nc(C)cc(C(=O)NCCN2CCOCC2)n1. The van der Waals surface area contributed by atoms with Gasteiger partial charge in [-0.1, -0.05) is 18.2 Å². The van der Waals surface area contributed by atoms with Gasteiger partial charge in [0.15, 0.2) is 0 Å². The minimum absolute atomic E-state index is 0.167. The summed E-state index contributed by atoms with van der Waals surface area (Å²) in [6.45, 7) is 9.39. The van der Waals surface area contributed by atoms with Crippen LogP contribution in [0.1, 0.15) is 23.1 Å². The number of amides is 1. The van der Waals surface area contributed by atoms with Gasteiger partial charge >= 0.3 is 0 Å². The molecule has 0 unspecified atom stereocenters. The molecule has 1 aromatic heterocycles. The van der Waals surface area contributed by atoms with Gasteiger partial charge < -0.3 is 15.0 Å². The first-order valence-corrected chi connectivity index (χ1v) is 9.44. The number of hydrogen-bond donors (Lipinski definition) is 1. The molecular formula is C20H27N5O2. The standard InChI is InChI=1S/C20H27N5O2/c1-3-25(17-7-5-4-6-8-17)20-22-16(2)15-18(23-20)19(26)21-9-10-24-11-13-27-14-12-24/h4-8,15H,3,9-14H2,1-2H3,(H,21,26). The van der Waals surface area contributed by atoms with E-state index < -0.39 is 0 Å². The van der Waals surface area contributed by atoms with Crippen LogP contribution in [0.15, 0.2) is 36.4 Å². The van der Waals surface area contributed by atoms with Crippen LogP contribution in [0.25, 0.3) is 0 Å². The molecular weight excluding hydrogens is 342 g/mol. The van der Waals surface area contributed by atoms with Crippen molar-refractivity contribution in [1.82, 2.24) is 20.2 Å². The number of aromatic nitrogens is 2. The van der Waals surface area contributed by atoms with E-state index in [1.165, 1.54) is 0 Å². The second-order valence-corrected chi connectivity index (χ2v) is 6.48. The van der Waals surface area contributed by atoms with E-state index in [2.05, 4.69) is 20.2 Å². The highest BCUT2D eigenvalue weighted by atomic mass is 16.5.